The first-order chi connectivity index (χ1) is 11.1. The zero-order valence-corrected chi connectivity index (χ0v) is 14.6. The van der Waals surface area contributed by atoms with Gasteiger partial charge in [-0.1, -0.05) is 12.1 Å². The fourth-order valence-corrected chi connectivity index (χ4v) is 2.90. The molecule has 2 rings (SSSR count). The van der Waals surface area contributed by atoms with Crippen LogP contribution >= 0.6 is 11.3 Å². The number of amides is 1. The van der Waals surface area contributed by atoms with Crippen LogP contribution in [0.1, 0.15) is 24.3 Å². The standard InChI is InChI=1S/C18H23NO3S/c1-13(2)22-16-7-6-14(11-17(16)21-3)8-9-19-18(20)12-15-5-4-10-23-15/h4-7,10-11,13H,8-9,12H2,1-3H3,(H,19,20). The maximum Gasteiger partial charge on any atom is 0.225 e. The first kappa shape index (κ1) is 17.3. The van der Waals surface area contributed by atoms with Gasteiger partial charge in [0.05, 0.1) is 19.6 Å². The Balaban J connectivity index is 1.84. The van der Waals surface area contributed by atoms with Crippen LogP contribution in [0.25, 0.3) is 0 Å². The normalized spacial score (nSPS) is 10.6. The van der Waals surface area contributed by atoms with E-state index >= 15 is 0 Å². The average Bonchev–Trinajstić information content (AvgIpc) is 3.01. The largest absolute Gasteiger partial charge is 0.493 e. The molecule has 4 nitrogen and oxygen atoms in total. The Labute approximate surface area is 141 Å². The van der Waals surface area contributed by atoms with Crippen LogP contribution in [0.5, 0.6) is 11.5 Å². The number of hydrogen-bond donors (Lipinski definition) is 1. The molecule has 0 saturated heterocycles. The van der Waals surface area contributed by atoms with Gasteiger partial charge >= 0.3 is 0 Å². The van der Waals surface area contributed by atoms with Crippen LogP contribution in [0.3, 0.4) is 0 Å². The number of ether oxygens (including phenoxy) is 2. The van der Waals surface area contributed by atoms with E-state index < -0.39 is 0 Å². The fourth-order valence-electron chi connectivity index (χ4n) is 2.20. The topological polar surface area (TPSA) is 47.6 Å². The second-order valence-electron chi connectivity index (χ2n) is 5.51. The molecule has 0 aliphatic heterocycles. The van der Waals surface area contributed by atoms with Gasteiger partial charge in [-0.05, 0) is 49.4 Å². The van der Waals surface area contributed by atoms with Gasteiger partial charge in [-0.2, -0.15) is 0 Å². The molecular formula is C18H23NO3S. The van der Waals surface area contributed by atoms with Crippen molar-refractivity contribution >= 4 is 17.2 Å². The summed E-state index contributed by atoms with van der Waals surface area (Å²) >= 11 is 1.60. The summed E-state index contributed by atoms with van der Waals surface area (Å²) < 4.78 is 11.1. The van der Waals surface area contributed by atoms with E-state index in [0.29, 0.717) is 13.0 Å². The number of carbonyl (C=O) groups excluding carboxylic acids is 1. The van der Waals surface area contributed by atoms with Crippen LogP contribution < -0.4 is 14.8 Å². The van der Waals surface area contributed by atoms with Gasteiger partial charge in [-0.3, -0.25) is 4.79 Å². The van der Waals surface area contributed by atoms with Crippen molar-refractivity contribution in [1.29, 1.82) is 0 Å². The number of benzene rings is 1. The Kier molecular flexibility index (Phi) is 6.47. The van der Waals surface area contributed by atoms with E-state index in [9.17, 15) is 4.79 Å². The molecule has 2 aromatic rings. The summed E-state index contributed by atoms with van der Waals surface area (Å²) in [5.74, 6) is 1.52. The highest BCUT2D eigenvalue weighted by Crippen LogP contribution is 2.29. The van der Waals surface area contributed by atoms with E-state index in [1.54, 1.807) is 18.4 Å². The van der Waals surface area contributed by atoms with E-state index in [2.05, 4.69) is 5.32 Å². The average molecular weight is 333 g/mol. The number of thiophene rings is 1. The van der Waals surface area contributed by atoms with Crippen molar-refractivity contribution in [2.45, 2.75) is 32.8 Å². The van der Waals surface area contributed by atoms with Gasteiger partial charge in [0.1, 0.15) is 0 Å². The Bertz CT molecular complexity index is 623. The molecule has 1 aromatic carbocycles. The summed E-state index contributed by atoms with van der Waals surface area (Å²) in [5.41, 5.74) is 1.11. The number of nitrogens with one attached hydrogen (secondary N) is 1. The number of methoxy groups -OCH3 is 1. The molecule has 1 aromatic heterocycles. The van der Waals surface area contributed by atoms with Gasteiger partial charge in [0.15, 0.2) is 11.5 Å². The Morgan fingerprint density at radius 1 is 1.26 bits per heavy atom. The third-order valence-corrected chi connectivity index (χ3v) is 4.12. The summed E-state index contributed by atoms with van der Waals surface area (Å²) in [5, 5.41) is 4.93. The van der Waals surface area contributed by atoms with Crippen molar-refractivity contribution in [2.75, 3.05) is 13.7 Å². The smallest absolute Gasteiger partial charge is 0.225 e. The highest BCUT2D eigenvalue weighted by Gasteiger charge is 2.08. The fraction of sp³-hybridized carbons (Fsp3) is 0.389. The van der Waals surface area contributed by atoms with Gasteiger partial charge in [-0.25, -0.2) is 0 Å². The molecule has 1 N–H and O–H groups in total. The molecule has 0 bridgehead atoms. The van der Waals surface area contributed by atoms with Gasteiger partial charge in [0.25, 0.3) is 0 Å². The van der Waals surface area contributed by atoms with Crippen molar-refractivity contribution in [3.8, 4) is 11.5 Å². The molecule has 0 unspecified atom stereocenters. The maximum absolute atomic E-state index is 11.8. The zero-order chi connectivity index (χ0) is 16.7. The van der Waals surface area contributed by atoms with E-state index in [-0.39, 0.29) is 12.0 Å². The lowest BCUT2D eigenvalue weighted by atomic mass is 10.1. The molecule has 124 valence electrons. The highest BCUT2D eigenvalue weighted by molar-refractivity contribution is 7.10. The number of hydrogen-bond acceptors (Lipinski definition) is 4. The molecule has 1 heterocycles. The molecule has 23 heavy (non-hydrogen) atoms. The van der Waals surface area contributed by atoms with Crippen molar-refractivity contribution < 1.29 is 14.3 Å². The molecule has 0 spiro atoms. The lowest BCUT2D eigenvalue weighted by molar-refractivity contribution is -0.120. The minimum Gasteiger partial charge on any atom is -0.493 e. The first-order valence-electron chi connectivity index (χ1n) is 7.71. The van der Waals surface area contributed by atoms with E-state index in [0.717, 1.165) is 28.4 Å². The molecule has 0 fully saturated rings. The van der Waals surface area contributed by atoms with Crippen LogP contribution in [-0.2, 0) is 17.6 Å². The minimum absolute atomic E-state index is 0.0548. The summed E-state index contributed by atoms with van der Waals surface area (Å²) in [6.45, 7) is 4.57. The molecule has 0 radical (unpaired) electrons. The van der Waals surface area contributed by atoms with E-state index in [1.807, 2.05) is 49.6 Å². The van der Waals surface area contributed by atoms with E-state index in [1.165, 1.54) is 0 Å². The van der Waals surface area contributed by atoms with Gasteiger partial charge in [0, 0.05) is 11.4 Å². The van der Waals surface area contributed by atoms with Crippen molar-refractivity contribution in [3.63, 3.8) is 0 Å². The molecule has 0 aliphatic carbocycles. The van der Waals surface area contributed by atoms with Crippen LogP contribution in [-0.4, -0.2) is 25.7 Å². The molecule has 0 saturated carbocycles. The predicted octanol–water partition coefficient (Wildman–Crippen LogP) is 3.45. The third-order valence-electron chi connectivity index (χ3n) is 3.24. The van der Waals surface area contributed by atoms with Crippen molar-refractivity contribution in [1.82, 2.24) is 5.32 Å². The second-order valence-corrected chi connectivity index (χ2v) is 6.54. The van der Waals surface area contributed by atoms with Crippen LogP contribution in [0.15, 0.2) is 35.7 Å². The number of rotatable bonds is 8. The van der Waals surface area contributed by atoms with Crippen LogP contribution in [0.4, 0.5) is 0 Å². The summed E-state index contributed by atoms with van der Waals surface area (Å²) in [7, 11) is 1.63. The minimum atomic E-state index is 0.0548. The Hall–Kier alpha value is -2.01. The quantitative estimate of drug-likeness (QED) is 0.805. The molecule has 0 aliphatic rings. The third kappa shape index (κ3) is 5.60. The highest BCUT2D eigenvalue weighted by atomic mass is 32.1. The SMILES string of the molecule is COc1cc(CCNC(=O)Cc2cccs2)ccc1OC(C)C. The number of carbonyl (C=O) groups is 1. The summed E-state index contributed by atoms with van der Waals surface area (Å²) in [6.07, 6.45) is 1.31. The predicted molar refractivity (Wildman–Crippen MR) is 93.5 cm³/mol. The monoisotopic (exact) mass is 333 g/mol. The van der Waals surface area contributed by atoms with Crippen molar-refractivity contribution in [3.05, 3.63) is 46.2 Å². The maximum atomic E-state index is 11.8. The van der Waals surface area contributed by atoms with Crippen LogP contribution in [0, 0.1) is 0 Å². The lowest BCUT2D eigenvalue weighted by Crippen LogP contribution is -2.26. The second kappa shape index (κ2) is 8.58. The Morgan fingerprint density at radius 3 is 2.74 bits per heavy atom. The lowest BCUT2D eigenvalue weighted by Gasteiger charge is -2.14. The van der Waals surface area contributed by atoms with E-state index in [4.69, 9.17) is 9.47 Å². The first-order valence-corrected chi connectivity index (χ1v) is 8.59. The van der Waals surface area contributed by atoms with Crippen molar-refractivity contribution in [2.24, 2.45) is 0 Å². The summed E-state index contributed by atoms with van der Waals surface area (Å²) in [6, 6.07) is 9.82. The van der Waals surface area contributed by atoms with Gasteiger partial charge in [0.2, 0.25) is 5.91 Å². The Morgan fingerprint density at radius 2 is 2.09 bits per heavy atom. The molecule has 0 atom stereocenters. The molecule has 5 heteroatoms. The van der Waals surface area contributed by atoms with Gasteiger partial charge in [-0.15, -0.1) is 11.3 Å². The van der Waals surface area contributed by atoms with Crippen LogP contribution in [0.2, 0.25) is 0 Å². The molecule has 1 amide bonds. The molecular weight excluding hydrogens is 310 g/mol. The van der Waals surface area contributed by atoms with Gasteiger partial charge < -0.3 is 14.8 Å². The zero-order valence-electron chi connectivity index (χ0n) is 13.8. The summed E-state index contributed by atoms with van der Waals surface area (Å²) in [4.78, 5) is 12.9.